The van der Waals surface area contributed by atoms with Gasteiger partial charge in [-0.25, -0.2) is 0 Å². The van der Waals surface area contributed by atoms with Gasteiger partial charge in [-0.15, -0.1) is 0 Å². The number of carbonyl (C=O) groups excluding carboxylic acids is 1. The molecule has 2 aliphatic rings. The number of benzene rings is 2. The number of amides is 1. The largest absolute Gasteiger partial charge is 0.418 e. The van der Waals surface area contributed by atoms with Crippen molar-refractivity contribution in [2.45, 2.75) is 57.7 Å². The van der Waals surface area contributed by atoms with Crippen molar-refractivity contribution in [3.05, 3.63) is 53.6 Å². The predicted molar refractivity (Wildman–Crippen MR) is 134 cm³/mol. The molecule has 1 heterocycles. The van der Waals surface area contributed by atoms with Crippen LogP contribution < -0.4 is 21.3 Å². The number of hydrogen-bond donors (Lipinski definition) is 3. The summed E-state index contributed by atoms with van der Waals surface area (Å²) in [5.74, 6) is 0.570. The van der Waals surface area contributed by atoms with Crippen LogP contribution >= 0.6 is 0 Å². The highest BCUT2D eigenvalue weighted by Gasteiger charge is 2.33. The second-order valence-corrected chi connectivity index (χ2v) is 10.0. The van der Waals surface area contributed by atoms with Crippen molar-refractivity contribution in [2.75, 3.05) is 35.6 Å². The first-order valence-electron chi connectivity index (χ1n) is 12.5. The number of aryl methyl sites for hydroxylation is 1. The zero-order chi connectivity index (χ0) is 25.0. The highest BCUT2D eigenvalue weighted by atomic mass is 19.4. The zero-order valence-electron chi connectivity index (χ0n) is 20.2. The Bertz CT molecular complexity index is 992. The molecule has 0 atom stereocenters. The van der Waals surface area contributed by atoms with Gasteiger partial charge in [0.25, 0.3) is 0 Å². The minimum Gasteiger partial charge on any atom is -0.398 e. The van der Waals surface area contributed by atoms with E-state index >= 15 is 0 Å². The van der Waals surface area contributed by atoms with Gasteiger partial charge in [-0.1, -0.05) is 17.7 Å². The Morgan fingerprint density at radius 2 is 1.66 bits per heavy atom. The van der Waals surface area contributed by atoms with E-state index in [4.69, 9.17) is 5.73 Å². The highest BCUT2D eigenvalue weighted by molar-refractivity contribution is 5.78. The van der Waals surface area contributed by atoms with E-state index in [1.807, 2.05) is 0 Å². The first-order valence-corrected chi connectivity index (χ1v) is 12.5. The van der Waals surface area contributed by atoms with Crippen molar-refractivity contribution in [3.8, 4) is 0 Å². The van der Waals surface area contributed by atoms with E-state index in [2.05, 4.69) is 46.7 Å². The molecular formula is C27H35F3N4O. The molecule has 1 amide bonds. The van der Waals surface area contributed by atoms with Crippen LogP contribution in [0.2, 0.25) is 0 Å². The summed E-state index contributed by atoms with van der Waals surface area (Å²) in [4.78, 5) is 15.1. The van der Waals surface area contributed by atoms with E-state index in [1.165, 1.54) is 17.3 Å². The molecular weight excluding hydrogens is 453 g/mol. The molecule has 2 aromatic rings. The quantitative estimate of drug-likeness (QED) is 0.463. The average Bonchev–Trinajstić information content (AvgIpc) is 2.84. The average molecular weight is 489 g/mol. The van der Waals surface area contributed by atoms with Crippen LogP contribution in [-0.2, 0) is 11.0 Å². The Morgan fingerprint density at radius 1 is 1.00 bits per heavy atom. The summed E-state index contributed by atoms with van der Waals surface area (Å²) in [5.41, 5.74) is 7.33. The SMILES string of the molecule is Cc1ccc(N2CCC(CNC(=O)C3CCC(Nc4ccc(N)c(C(F)(F)F)c4)CC3)CC2)cc1. The molecule has 1 aliphatic heterocycles. The number of hydrogen-bond acceptors (Lipinski definition) is 4. The first kappa shape index (κ1) is 25.2. The van der Waals surface area contributed by atoms with Crippen LogP contribution in [-0.4, -0.2) is 31.6 Å². The maximum Gasteiger partial charge on any atom is 0.418 e. The van der Waals surface area contributed by atoms with E-state index < -0.39 is 11.7 Å². The number of carbonyl (C=O) groups is 1. The molecule has 2 fully saturated rings. The normalized spacial score (nSPS) is 21.5. The van der Waals surface area contributed by atoms with Crippen molar-refractivity contribution in [3.63, 3.8) is 0 Å². The molecule has 35 heavy (non-hydrogen) atoms. The molecule has 8 heteroatoms. The number of halogens is 3. The lowest BCUT2D eigenvalue weighted by Crippen LogP contribution is -2.41. The molecule has 190 valence electrons. The predicted octanol–water partition coefficient (Wildman–Crippen LogP) is 5.60. The summed E-state index contributed by atoms with van der Waals surface area (Å²) in [6, 6.07) is 12.6. The second-order valence-electron chi connectivity index (χ2n) is 10.0. The molecule has 2 aromatic carbocycles. The third-order valence-corrected chi connectivity index (χ3v) is 7.41. The topological polar surface area (TPSA) is 70.4 Å². The number of alkyl halides is 3. The molecule has 0 aromatic heterocycles. The molecule has 5 nitrogen and oxygen atoms in total. The van der Waals surface area contributed by atoms with E-state index in [0.717, 1.165) is 57.7 Å². The van der Waals surface area contributed by atoms with Gasteiger partial charge in [0.05, 0.1) is 5.56 Å². The Labute approximate surface area is 205 Å². The Morgan fingerprint density at radius 3 is 2.29 bits per heavy atom. The maximum absolute atomic E-state index is 13.1. The summed E-state index contributed by atoms with van der Waals surface area (Å²) in [5, 5.41) is 6.35. The molecule has 0 bridgehead atoms. The highest BCUT2D eigenvalue weighted by Crippen LogP contribution is 2.36. The number of nitrogens with one attached hydrogen (secondary N) is 2. The standard InChI is InChI=1S/C27H35F3N4O/c1-18-2-9-23(10-3-18)34-14-12-19(13-15-34)17-32-26(35)20-4-6-21(7-5-20)33-22-8-11-25(31)24(16-22)27(28,29)30/h2-3,8-11,16,19-21,33H,4-7,12-15,17,31H2,1H3,(H,32,35). The molecule has 0 radical (unpaired) electrons. The monoisotopic (exact) mass is 488 g/mol. The van der Waals surface area contributed by atoms with Gasteiger partial charge in [0.1, 0.15) is 0 Å². The number of piperidine rings is 1. The number of anilines is 3. The summed E-state index contributed by atoms with van der Waals surface area (Å²) in [6.07, 6.45) is 0.609. The van der Waals surface area contributed by atoms with Crippen LogP contribution in [0.25, 0.3) is 0 Å². The summed E-state index contributed by atoms with van der Waals surface area (Å²) >= 11 is 0. The number of rotatable bonds is 6. The molecule has 4 N–H and O–H groups in total. The van der Waals surface area contributed by atoms with Gasteiger partial charge in [0.2, 0.25) is 5.91 Å². The van der Waals surface area contributed by atoms with Crippen molar-refractivity contribution >= 4 is 23.0 Å². The Hall–Kier alpha value is -2.90. The van der Waals surface area contributed by atoms with Gasteiger partial charge in [-0.2, -0.15) is 13.2 Å². The third-order valence-electron chi connectivity index (χ3n) is 7.41. The fraction of sp³-hybridized carbons (Fsp3) is 0.519. The van der Waals surface area contributed by atoms with Gasteiger partial charge in [-0.3, -0.25) is 4.79 Å². The van der Waals surface area contributed by atoms with Gasteiger partial charge in [-0.05, 0) is 81.7 Å². The van der Waals surface area contributed by atoms with Crippen molar-refractivity contribution in [2.24, 2.45) is 11.8 Å². The van der Waals surface area contributed by atoms with E-state index in [9.17, 15) is 18.0 Å². The summed E-state index contributed by atoms with van der Waals surface area (Å²) in [7, 11) is 0. The van der Waals surface area contributed by atoms with Crippen LogP contribution in [0.4, 0.5) is 30.2 Å². The molecule has 0 unspecified atom stereocenters. The van der Waals surface area contributed by atoms with Crippen molar-refractivity contribution < 1.29 is 18.0 Å². The lowest BCUT2D eigenvalue weighted by Gasteiger charge is -2.34. The molecule has 1 saturated heterocycles. The lowest BCUT2D eigenvalue weighted by molar-refractivity contribution is -0.136. The summed E-state index contributed by atoms with van der Waals surface area (Å²) in [6.45, 7) is 4.81. The smallest absolute Gasteiger partial charge is 0.398 e. The van der Waals surface area contributed by atoms with E-state index in [-0.39, 0.29) is 23.6 Å². The van der Waals surface area contributed by atoms with Crippen LogP contribution in [0.5, 0.6) is 0 Å². The second kappa shape index (κ2) is 10.8. The minimum atomic E-state index is -4.48. The minimum absolute atomic E-state index is 0.0298. The van der Waals surface area contributed by atoms with Gasteiger partial charge in [0.15, 0.2) is 0 Å². The number of nitrogens with zero attached hydrogens (tertiary/aromatic N) is 1. The summed E-state index contributed by atoms with van der Waals surface area (Å²) < 4.78 is 39.3. The molecule has 4 rings (SSSR count). The first-order chi connectivity index (χ1) is 16.7. The molecule has 1 aliphatic carbocycles. The van der Waals surface area contributed by atoms with Gasteiger partial charge >= 0.3 is 6.18 Å². The third kappa shape index (κ3) is 6.61. The Kier molecular flexibility index (Phi) is 7.77. The van der Waals surface area contributed by atoms with Gasteiger partial charge in [0, 0.05) is 48.7 Å². The Balaban J connectivity index is 1.18. The lowest BCUT2D eigenvalue weighted by atomic mass is 9.85. The maximum atomic E-state index is 13.1. The fourth-order valence-electron chi connectivity index (χ4n) is 5.17. The van der Waals surface area contributed by atoms with Gasteiger partial charge < -0.3 is 21.3 Å². The van der Waals surface area contributed by atoms with Crippen molar-refractivity contribution in [1.82, 2.24) is 5.32 Å². The van der Waals surface area contributed by atoms with Crippen LogP contribution in [0, 0.1) is 18.8 Å². The zero-order valence-corrected chi connectivity index (χ0v) is 20.2. The molecule has 0 spiro atoms. The number of nitrogens with two attached hydrogens (primary N) is 1. The van der Waals surface area contributed by atoms with E-state index in [1.54, 1.807) is 6.07 Å². The fourth-order valence-corrected chi connectivity index (χ4v) is 5.17. The number of nitrogen functional groups attached to an aromatic ring is 1. The van der Waals surface area contributed by atoms with Crippen molar-refractivity contribution in [1.29, 1.82) is 0 Å². The van der Waals surface area contributed by atoms with Crippen LogP contribution in [0.3, 0.4) is 0 Å². The van der Waals surface area contributed by atoms with Crippen LogP contribution in [0.15, 0.2) is 42.5 Å². The van der Waals surface area contributed by atoms with Crippen LogP contribution in [0.1, 0.15) is 49.7 Å². The molecule has 1 saturated carbocycles. The van der Waals surface area contributed by atoms with E-state index in [0.29, 0.717) is 18.2 Å².